The molecule has 2 rings (SSSR count). The first-order valence-corrected chi connectivity index (χ1v) is 4.96. The van der Waals surface area contributed by atoms with Gasteiger partial charge in [-0.2, -0.15) is 0 Å². The molecule has 2 aromatic rings. The summed E-state index contributed by atoms with van der Waals surface area (Å²) in [4.78, 5) is 18.4. The molecule has 0 saturated carbocycles. The van der Waals surface area contributed by atoms with E-state index in [0.717, 1.165) is 11.1 Å². The lowest BCUT2D eigenvalue weighted by Gasteiger charge is -2.03. The van der Waals surface area contributed by atoms with Crippen molar-refractivity contribution in [3.8, 4) is 11.3 Å². The molecule has 0 radical (unpaired) electrons. The lowest BCUT2D eigenvalue weighted by molar-refractivity contribution is 0.0690. The second-order valence-electron chi connectivity index (χ2n) is 3.45. The van der Waals surface area contributed by atoms with Gasteiger partial charge in [-0.1, -0.05) is 18.2 Å². The Morgan fingerprint density at radius 3 is 2.76 bits per heavy atom. The molecule has 1 heterocycles. The van der Waals surface area contributed by atoms with Crippen molar-refractivity contribution in [1.29, 1.82) is 0 Å². The Kier molecular flexibility index (Phi) is 3.11. The third-order valence-corrected chi connectivity index (χ3v) is 2.29. The number of aromatic carboxylic acids is 1. The molecule has 0 amide bonds. The van der Waals surface area contributed by atoms with E-state index in [2.05, 4.69) is 9.97 Å². The molecule has 0 aliphatic heterocycles. The summed E-state index contributed by atoms with van der Waals surface area (Å²) < 4.78 is 0. The summed E-state index contributed by atoms with van der Waals surface area (Å²) in [5.41, 5.74) is 1.97. The van der Waals surface area contributed by atoms with Crippen LogP contribution in [0.4, 0.5) is 0 Å². The quantitative estimate of drug-likeness (QED) is 0.831. The van der Waals surface area contributed by atoms with Crippen LogP contribution >= 0.6 is 0 Å². The number of hydrogen-bond acceptors (Lipinski definition) is 4. The highest BCUT2D eigenvalue weighted by atomic mass is 16.4. The fraction of sp³-hybridized carbons (Fsp3) is 0.0833. The standard InChI is InChI=1S/C12H10N2O3/c15-6-8-2-1-3-9(4-8)10-5-11(12(16)17)14-7-13-10/h1-5,7,15H,6H2,(H,16,17). The minimum absolute atomic E-state index is 0.0515. The molecule has 0 aliphatic carbocycles. The lowest BCUT2D eigenvalue weighted by atomic mass is 10.1. The zero-order valence-corrected chi connectivity index (χ0v) is 8.87. The average molecular weight is 230 g/mol. The largest absolute Gasteiger partial charge is 0.477 e. The predicted octanol–water partition coefficient (Wildman–Crippen LogP) is 1.33. The molecule has 1 aromatic heterocycles. The maximum Gasteiger partial charge on any atom is 0.354 e. The van der Waals surface area contributed by atoms with Crippen LogP contribution in [-0.4, -0.2) is 26.2 Å². The number of aliphatic hydroxyl groups is 1. The van der Waals surface area contributed by atoms with Crippen molar-refractivity contribution in [2.75, 3.05) is 0 Å². The first-order chi connectivity index (χ1) is 8.20. The highest BCUT2D eigenvalue weighted by molar-refractivity contribution is 5.86. The summed E-state index contributed by atoms with van der Waals surface area (Å²) in [6.07, 6.45) is 1.21. The molecule has 0 unspecified atom stereocenters. The number of benzene rings is 1. The smallest absolute Gasteiger partial charge is 0.354 e. The van der Waals surface area contributed by atoms with Crippen LogP contribution in [0.15, 0.2) is 36.7 Å². The number of carbonyl (C=O) groups is 1. The summed E-state index contributed by atoms with van der Waals surface area (Å²) in [7, 11) is 0. The maximum absolute atomic E-state index is 10.8. The fourth-order valence-electron chi connectivity index (χ4n) is 1.46. The van der Waals surface area contributed by atoms with E-state index in [0.29, 0.717) is 5.69 Å². The second kappa shape index (κ2) is 4.71. The lowest BCUT2D eigenvalue weighted by Crippen LogP contribution is -2.01. The van der Waals surface area contributed by atoms with E-state index in [1.165, 1.54) is 12.4 Å². The molecule has 86 valence electrons. The molecule has 0 aliphatic rings. The average Bonchev–Trinajstić information content (AvgIpc) is 2.39. The van der Waals surface area contributed by atoms with Crippen LogP contribution in [0.2, 0.25) is 0 Å². The SMILES string of the molecule is O=C(O)c1cc(-c2cccc(CO)c2)ncn1. The molecule has 17 heavy (non-hydrogen) atoms. The summed E-state index contributed by atoms with van der Waals surface area (Å²) in [5, 5.41) is 17.9. The summed E-state index contributed by atoms with van der Waals surface area (Å²) in [5.74, 6) is -1.09. The van der Waals surface area contributed by atoms with Gasteiger partial charge in [-0.25, -0.2) is 14.8 Å². The first-order valence-electron chi connectivity index (χ1n) is 4.96. The number of carboxylic acid groups (broad SMARTS) is 1. The van der Waals surface area contributed by atoms with Crippen LogP contribution in [0.5, 0.6) is 0 Å². The Hall–Kier alpha value is -2.27. The van der Waals surface area contributed by atoms with Crippen molar-refractivity contribution in [2.24, 2.45) is 0 Å². The molecule has 5 heteroatoms. The third-order valence-electron chi connectivity index (χ3n) is 2.29. The number of aliphatic hydroxyl groups excluding tert-OH is 1. The summed E-state index contributed by atoms with van der Waals surface area (Å²) in [6, 6.07) is 8.52. The van der Waals surface area contributed by atoms with Crippen molar-refractivity contribution in [3.05, 3.63) is 47.9 Å². The van der Waals surface area contributed by atoms with Crippen molar-refractivity contribution < 1.29 is 15.0 Å². The molecular formula is C12H10N2O3. The van der Waals surface area contributed by atoms with Crippen LogP contribution in [0, 0.1) is 0 Å². The Bertz CT molecular complexity index is 555. The van der Waals surface area contributed by atoms with Gasteiger partial charge in [0.1, 0.15) is 6.33 Å². The Morgan fingerprint density at radius 1 is 1.24 bits per heavy atom. The molecule has 5 nitrogen and oxygen atoms in total. The van der Waals surface area contributed by atoms with Crippen molar-refractivity contribution in [3.63, 3.8) is 0 Å². The van der Waals surface area contributed by atoms with E-state index in [-0.39, 0.29) is 12.3 Å². The molecule has 0 fully saturated rings. The zero-order valence-electron chi connectivity index (χ0n) is 8.87. The van der Waals surface area contributed by atoms with Crippen LogP contribution in [0.25, 0.3) is 11.3 Å². The van der Waals surface area contributed by atoms with Crippen molar-refractivity contribution in [1.82, 2.24) is 9.97 Å². The van der Waals surface area contributed by atoms with Crippen LogP contribution in [0.1, 0.15) is 16.1 Å². The van der Waals surface area contributed by atoms with E-state index in [1.54, 1.807) is 24.3 Å². The number of nitrogens with zero attached hydrogens (tertiary/aromatic N) is 2. The van der Waals surface area contributed by atoms with Gasteiger partial charge in [-0.05, 0) is 17.7 Å². The topological polar surface area (TPSA) is 83.3 Å². The van der Waals surface area contributed by atoms with Gasteiger partial charge in [0.15, 0.2) is 5.69 Å². The van der Waals surface area contributed by atoms with Gasteiger partial charge in [0.05, 0.1) is 12.3 Å². The molecule has 0 saturated heterocycles. The van der Waals surface area contributed by atoms with Gasteiger partial charge >= 0.3 is 5.97 Å². The Morgan fingerprint density at radius 2 is 2.06 bits per heavy atom. The van der Waals surface area contributed by atoms with Gasteiger partial charge in [-0.3, -0.25) is 0 Å². The van der Waals surface area contributed by atoms with Gasteiger partial charge < -0.3 is 10.2 Å². The molecule has 0 bridgehead atoms. The van der Waals surface area contributed by atoms with Gasteiger partial charge in [-0.15, -0.1) is 0 Å². The molecule has 0 spiro atoms. The zero-order chi connectivity index (χ0) is 12.3. The fourth-order valence-corrected chi connectivity index (χ4v) is 1.46. The monoisotopic (exact) mass is 230 g/mol. The predicted molar refractivity (Wildman–Crippen MR) is 60.4 cm³/mol. The van der Waals surface area contributed by atoms with Crippen molar-refractivity contribution >= 4 is 5.97 Å². The van der Waals surface area contributed by atoms with Gasteiger partial charge in [0.2, 0.25) is 0 Å². The van der Waals surface area contributed by atoms with E-state index in [9.17, 15) is 4.79 Å². The highest BCUT2D eigenvalue weighted by Gasteiger charge is 2.07. The molecule has 2 N–H and O–H groups in total. The first kappa shape index (κ1) is 11.2. The van der Waals surface area contributed by atoms with Gasteiger partial charge in [0, 0.05) is 5.56 Å². The number of hydrogen-bond donors (Lipinski definition) is 2. The van der Waals surface area contributed by atoms with Gasteiger partial charge in [0.25, 0.3) is 0 Å². The number of carboxylic acids is 1. The van der Waals surface area contributed by atoms with E-state index in [1.807, 2.05) is 0 Å². The van der Waals surface area contributed by atoms with Crippen LogP contribution in [-0.2, 0) is 6.61 Å². The minimum atomic E-state index is -1.09. The molecule has 0 atom stereocenters. The highest BCUT2D eigenvalue weighted by Crippen LogP contribution is 2.18. The number of rotatable bonds is 3. The molecular weight excluding hydrogens is 220 g/mol. The Labute approximate surface area is 97.4 Å². The van der Waals surface area contributed by atoms with E-state index >= 15 is 0 Å². The summed E-state index contributed by atoms with van der Waals surface area (Å²) in [6.45, 7) is -0.0648. The van der Waals surface area contributed by atoms with Crippen LogP contribution in [0.3, 0.4) is 0 Å². The van der Waals surface area contributed by atoms with E-state index in [4.69, 9.17) is 10.2 Å². The third kappa shape index (κ3) is 2.46. The van der Waals surface area contributed by atoms with Crippen LogP contribution < -0.4 is 0 Å². The Balaban J connectivity index is 2.45. The molecule has 1 aromatic carbocycles. The van der Waals surface area contributed by atoms with E-state index < -0.39 is 5.97 Å². The maximum atomic E-state index is 10.8. The summed E-state index contributed by atoms with van der Waals surface area (Å²) >= 11 is 0. The number of aromatic nitrogens is 2. The second-order valence-corrected chi connectivity index (χ2v) is 3.45. The minimum Gasteiger partial charge on any atom is -0.477 e. The van der Waals surface area contributed by atoms with Crippen molar-refractivity contribution in [2.45, 2.75) is 6.61 Å². The normalized spacial score (nSPS) is 10.2.